The van der Waals surface area contributed by atoms with Crippen LogP contribution in [0, 0.1) is 10.8 Å². The summed E-state index contributed by atoms with van der Waals surface area (Å²) < 4.78 is 26.0. The lowest BCUT2D eigenvalue weighted by Gasteiger charge is -2.21. The van der Waals surface area contributed by atoms with Crippen LogP contribution in [0.25, 0.3) is 0 Å². The number of carbonyl (C=O) groups excluding carboxylic acids is 2. The molecule has 37 heavy (non-hydrogen) atoms. The number of aliphatic carboxylic acids is 1. The topological polar surface area (TPSA) is 126 Å². The Balaban J connectivity index is 1.97. The predicted molar refractivity (Wildman–Crippen MR) is 147 cm³/mol. The van der Waals surface area contributed by atoms with Gasteiger partial charge in [0, 0.05) is 38.4 Å². The highest BCUT2D eigenvalue weighted by Gasteiger charge is 2.27. The molecule has 0 saturated heterocycles. The lowest BCUT2D eigenvalue weighted by molar-refractivity contribution is -0.147. The van der Waals surface area contributed by atoms with Gasteiger partial charge in [-0.2, -0.15) is 0 Å². The summed E-state index contributed by atoms with van der Waals surface area (Å²) in [5.41, 5.74) is -1.01. The van der Waals surface area contributed by atoms with Gasteiger partial charge in [-0.1, -0.05) is 26.7 Å². The van der Waals surface area contributed by atoms with Crippen molar-refractivity contribution in [1.82, 2.24) is 0 Å². The number of ketones is 2. The average molecular weight is 551 g/mol. The Kier molecular flexibility index (Phi) is 11.3. The van der Waals surface area contributed by atoms with Crippen molar-refractivity contribution >= 4 is 39.1 Å². The summed E-state index contributed by atoms with van der Waals surface area (Å²) in [6.07, 6.45) is 13.3. The summed E-state index contributed by atoms with van der Waals surface area (Å²) in [6, 6.07) is 0. The van der Waals surface area contributed by atoms with Gasteiger partial charge in [0.15, 0.2) is 11.6 Å². The van der Waals surface area contributed by atoms with Crippen molar-refractivity contribution in [1.29, 1.82) is 0 Å². The van der Waals surface area contributed by atoms with E-state index in [4.69, 9.17) is 0 Å². The Bertz CT molecular complexity index is 1120. The van der Waals surface area contributed by atoms with Crippen molar-refractivity contribution in [3.8, 4) is 0 Å². The van der Waals surface area contributed by atoms with Crippen LogP contribution in [0.2, 0.25) is 0 Å². The molecule has 2 unspecified atom stereocenters. The monoisotopic (exact) mass is 550 g/mol. The largest absolute Gasteiger partial charge is 0.481 e. The van der Waals surface area contributed by atoms with Gasteiger partial charge in [0.05, 0.1) is 27.0 Å². The van der Waals surface area contributed by atoms with Crippen LogP contribution < -0.4 is 0 Å². The Morgan fingerprint density at radius 3 is 1.62 bits per heavy atom. The maximum atomic E-state index is 13.0. The first-order valence-electron chi connectivity index (χ1n) is 12.5. The Morgan fingerprint density at radius 1 is 0.784 bits per heavy atom. The van der Waals surface area contributed by atoms with E-state index in [2.05, 4.69) is 0 Å². The SMILES string of the molecule is CC(C)(CO)CCCCC1=CC(=O)C=C(/C=C\C2=CC(=O)C=C(CCCCC(C)(C)C(=O)O)S2=O)S1=O. The van der Waals surface area contributed by atoms with Gasteiger partial charge in [0.1, 0.15) is 0 Å². The van der Waals surface area contributed by atoms with E-state index < -0.39 is 33.0 Å². The number of aliphatic hydroxyl groups excluding tert-OH is 1. The van der Waals surface area contributed by atoms with Gasteiger partial charge >= 0.3 is 5.97 Å². The fraction of sp³-hybridized carbons (Fsp3) is 0.536. The predicted octanol–water partition coefficient (Wildman–Crippen LogP) is 4.99. The quantitative estimate of drug-likeness (QED) is 0.292. The molecule has 2 heterocycles. The van der Waals surface area contributed by atoms with Gasteiger partial charge in [-0.3, -0.25) is 14.4 Å². The molecule has 0 aliphatic carbocycles. The number of hydrogen-bond donors (Lipinski definition) is 2. The van der Waals surface area contributed by atoms with Gasteiger partial charge in [0.25, 0.3) is 0 Å². The molecule has 0 fully saturated rings. The van der Waals surface area contributed by atoms with E-state index in [1.54, 1.807) is 13.8 Å². The summed E-state index contributed by atoms with van der Waals surface area (Å²) in [7, 11) is -3.09. The number of carboxylic acids is 1. The molecule has 2 atom stereocenters. The van der Waals surface area contributed by atoms with Crippen molar-refractivity contribution in [2.75, 3.05) is 6.61 Å². The molecule has 2 aliphatic rings. The first-order valence-corrected chi connectivity index (χ1v) is 14.8. The van der Waals surface area contributed by atoms with Crippen LogP contribution in [0.1, 0.15) is 79.1 Å². The molecule has 0 aromatic heterocycles. The van der Waals surface area contributed by atoms with E-state index in [-0.39, 0.29) is 28.5 Å². The van der Waals surface area contributed by atoms with Crippen molar-refractivity contribution in [2.45, 2.75) is 79.1 Å². The van der Waals surface area contributed by atoms with Crippen LogP contribution in [0.3, 0.4) is 0 Å². The van der Waals surface area contributed by atoms with E-state index in [0.717, 1.165) is 19.3 Å². The third kappa shape index (κ3) is 9.54. The number of allylic oxidation sites excluding steroid dienone is 8. The second kappa shape index (κ2) is 13.5. The minimum atomic E-state index is -1.57. The molecule has 0 bridgehead atoms. The average Bonchev–Trinajstić information content (AvgIpc) is 2.82. The lowest BCUT2D eigenvalue weighted by Crippen LogP contribution is -2.23. The molecule has 7 nitrogen and oxygen atoms in total. The van der Waals surface area contributed by atoms with Gasteiger partial charge in [0.2, 0.25) is 0 Å². The first kappa shape index (κ1) is 31.0. The zero-order chi connectivity index (χ0) is 27.8. The molecule has 0 radical (unpaired) electrons. The zero-order valence-corrected chi connectivity index (χ0v) is 23.7. The highest BCUT2D eigenvalue weighted by Crippen LogP contribution is 2.30. The number of aliphatic hydroxyl groups is 1. The van der Waals surface area contributed by atoms with Crippen LogP contribution in [-0.4, -0.2) is 42.8 Å². The summed E-state index contributed by atoms with van der Waals surface area (Å²) in [6.45, 7) is 7.38. The fourth-order valence-corrected chi connectivity index (χ4v) is 6.41. The van der Waals surface area contributed by atoms with Crippen molar-refractivity contribution in [3.63, 3.8) is 0 Å². The highest BCUT2D eigenvalue weighted by molar-refractivity contribution is 7.93. The number of hydrogen-bond acceptors (Lipinski definition) is 6. The second-order valence-corrected chi connectivity index (χ2v) is 14.0. The third-order valence-corrected chi connectivity index (χ3v) is 9.46. The third-order valence-electron chi connectivity index (χ3n) is 6.50. The minimum Gasteiger partial charge on any atom is -0.481 e. The molecule has 0 spiro atoms. The molecule has 204 valence electrons. The van der Waals surface area contributed by atoms with Crippen LogP contribution in [0.15, 0.2) is 56.1 Å². The van der Waals surface area contributed by atoms with Crippen molar-refractivity contribution < 1.29 is 33.0 Å². The molecular weight excluding hydrogens is 512 g/mol. The van der Waals surface area contributed by atoms with Crippen LogP contribution in [0.4, 0.5) is 0 Å². The maximum absolute atomic E-state index is 13.0. The maximum Gasteiger partial charge on any atom is 0.309 e. The number of unbranched alkanes of at least 4 members (excludes halogenated alkanes) is 2. The summed E-state index contributed by atoms with van der Waals surface area (Å²) in [4.78, 5) is 37.3. The van der Waals surface area contributed by atoms with Crippen molar-refractivity contribution in [3.05, 3.63) is 56.1 Å². The zero-order valence-electron chi connectivity index (χ0n) is 22.1. The molecule has 0 aromatic rings. The molecule has 0 aromatic carbocycles. The minimum absolute atomic E-state index is 0.0946. The Hall–Kier alpha value is -2.23. The van der Waals surface area contributed by atoms with E-state index >= 15 is 0 Å². The molecule has 2 rings (SSSR count). The molecule has 9 heteroatoms. The molecule has 2 aliphatic heterocycles. The number of rotatable bonds is 14. The summed E-state index contributed by atoms with van der Waals surface area (Å²) >= 11 is 0. The van der Waals surface area contributed by atoms with Gasteiger partial charge in [-0.25, -0.2) is 8.42 Å². The summed E-state index contributed by atoms with van der Waals surface area (Å²) in [5.74, 6) is -1.42. The standard InChI is InChI=1S/C28H38O7S2/c1-27(2,19-29)13-7-5-9-22-15-20(30)17-24(36(22)34)11-12-25-18-21(31)16-23(37(25)35)10-6-8-14-28(3,4)26(32)33/h11-12,15-18,29H,5-10,13-14,19H2,1-4H3,(H,32,33)/b12-11-. The van der Waals surface area contributed by atoms with Gasteiger partial charge in [-0.15, -0.1) is 0 Å². The van der Waals surface area contributed by atoms with Gasteiger partial charge < -0.3 is 10.2 Å². The van der Waals surface area contributed by atoms with E-state index in [0.29, 0.717) is 46.8 Å². The molecule has 0 saturated carbocycles. The van der Waals surface area contributed by atoms with E-state index in [1.807, 2.05) is 13.8 Å². The Labute approximate surface area is 224 Å². The molecule has 2 N–H and O–H groups in total. The van der Waals surface area contributed by atoms with Crippen LogP contribution in [-0.2, 0) is 36.0 Å². The highest BCUT2D eigenvalue weighted by atomic mass is 32.2. The summed E-state index contributed by atoms with van der Waals surface area (Å²) in [5, 5.41) is 18.6. The smallest absolute Gasteiger partial charge is 0.309 e. The normalized spacial score (nSPS) is 21.0. The first-order chi connectivity index (χ1) is 17.3. The lowest BCUT2D eigenvalue weighted by atomic mass is 9.87. The fourth-order valence-electron chi connectivity index (χ4n) is 3.87. The van der Waals surface area contributed by atoms with Gasteiger partial charge in [-0.05, 0) is 82.1 Å². The van der Waals surface area contributed by atoms with Crippen LogP contribution >= 0.6 is 0 Å². The number of carbonyl (C=O) groups is 3. The van der Waals surface area contributed by atoms with E-state index in [9.17, 15) is 33.0 Å². The number of carboxylic acid groups (broad SMARTS) is 1. The molecular formula is C28H38O7S2. The van der Waals surface area contributed by atoms with Crippen LogP contribution in [0.5, 0.6) is 0 Å². The van der Waals surface area contributed by atoms with E-state index in [1.165, 1.54) is 36.5 Å². The van der Waals surface area contributed by atoms with Crippen molar-refractivity contribution in [2.24, 2.45) is 10.8 Å². The molecule has 0 amide bonds. The Morgan fingerprint density at radius 2 is 1.22 bits per heavy atom. The second-order valence-electron chi connectivity index (χ2n) is 10.9.